The SMILES string of the molecule is O=C(c1cc(F)c(F)c(F)c1)c1c(C(F)F)nn(-c2c(F)c(F)c(C(F)(F)F)c(F)c2F)c1O.[Cu]. The minimum absolute atomic E-state index is 0. The van der Waals surface area contributed by atoms with Crippen molar-refractivity contribution in [2.45, 2.75) is 12.6 Å². The Bertz CT molecular complexity index is 1280. The van der Waals surface area contributed by atoms with Gasteiger partial charge in [-0.25, -0.2) is 39.5 Å². The van der Waals surface area contributed by atoms with Gasteiger partial charge in [-0.3, -0.25) is 4.79 Å². The fraction of sp³-hybridized carbons (Fsp3) is 0.111. The molecule has 17 heteroatoms. The van der Waals surface area contributed by atoms with Crippen LogP contribution in [0, 0.1) is 40.7 Å². The van der Waals surface area contributed by atoms with Gasteiger partial charge in [0.25, 0.3) is 6.43 Å². The van der Waals surface area contributed by atoms with Gasteiger partial charge in [-0.1, -0.05) is 0 Å². The van der Waals surface area contributed by atoms with Crippen molar-refractivity contribution >= 4 is 5.78 Å². The van der Waals surface area contributed by atoms with Crippen LogP contribution in [0.25, 0.3) is 5.69 Å². The summed E-state index contributed by atoms with van der Waals surface area (Å²) in [5, 5.41) is 12.8. The molecule has 0 saturated heterocycles. The Morgan fingerprint density at radius 1 is 0.857 bits per heavy atom. The molecule has 1 heterocycles. The third-order valence-electron chi connectivity index (χ3n) is 4.30. The first-order valence-electron chi connectivity index (χ1n) is 8.32. The zero-order chi connectivity index (χ0) is 25.9. The maximum absolute atomic E-state index is 14.2. The molecule has 1 aromatic heterocycles. The number of carbonyl (C=O) groups is 1. The van der Waals surface area contributed by atoms with E-state index in [1.54, 1.807) is 0 Å². The van der Waals surface area contributed by atoms with E-state index in [1.165, 1.54) is 0 Å². The van der Waals surface area contributed by atoms with Crippen LogP contribution in [0.2, 0.25) is 0 Å². The molecule has 0 spiro atoms. The molecule has 0 aliphatic heterocycles. The molecular formula is C18H4CuF12N2O2. The third kappa shape index (κ3) is 4.57. The van der Waals surface area contributed by atoms with Crippen LogP contribution in [0.4, 0.5) is 52.7 Å². The number of hydrogen-bond acceptors (Lipinski definition) is 3. The molecule has 4 nitrogen and oxygen atoms in total. The maximum atomic E-state index is 14.2. The number of benzene rings is 2. The smallest absolute Gasteiger partial charge is 0.422 e. The van der Waals surface area contributed by atoms with Crippen molar-refractivity contribution in [2.24, 2.45) is 0 Å². The van der Waals surface area contributed by atoms with Crippen molar-refractivity contribution in [1.29, 1.82) is 0 Å². The molecular weight excluding hydrogens is 568 g/mol. The van der Waals surface area contributed by atoms with E-state index in [9.17, 15) is 62.6 Å². The monoisotopic (exact) mass is 571 g/mol. The Kier molecular flexibility index (Phi) is 7.57. The first kappa shape index (κ1) is 28.0. The van der Waals surface area contributed by atoms with Crippen LogP contribution in [0.3, 0.4) is 0 Å². The van der Waals surface area contributed by atoms with Gasteiger partial charge < -0.3 is 5.11 Å². The van der Waals surface area contributed by atoms with Crippen molar-refractivity contribution < 1.29 is 79.7 Å². The van der Waals surface area contributed by atoms with Crippen LogP contribution in [-0.4, -0.2) is 20.7 Å². The summed E-state index contributed by atoms with van der Waals surface area (Å²) in [6, 6.07) is -0.0171. The Labute approximate surface area is 195 Å². The Hall–Kier alpha value is -3.20. The predicted octanol–water partition coefficient (Wildman–Crippen LogP) is 5.74. The largest absolute Gasteiger partial charge is 0.493 e. The summed E-state index contributed by atoms with van der Waals surface area (Å²) >= 11 is 0. The number of nitrogens with zero attached hydrogens (tertiary/aromatic N) is 2. The van der Waals surface area contributed by atoms with Gasteiger partial charge in [0, 0.05) is 22.6 Å². The summed E-state index contributed by atoms with van der Waals surface area (Å²) in [6.45, 7) is 0. The van der Waals surface area contributed by atoms with Crippen LogP contribution in [-0.2, 0) is 23.2 Å². The summed E-state index contributed by atoms with van der Waals surface area (Å²) < 4.78 is 160. The van der Waals surface area contributed by atoms with E-state index >= 15 is 0 Å². The van der Waals surface area contributed by atoms with E-state index in [1.807, 2.05) is 0 Å². The van der Waals surface area contributed by atoms with Gasteiger partial charge in [0.15, 0.2) is 40.7 Å². The Morgan fingerprint density at radius 3 is 1.71 bits per heavy atom. The maximum Gasteiger partial charge on any atom is 0.422 e. The van der Waals surface area contributed by atoms with Crippen LogP contribution in [0.5, 0.6) is 5.88 Å². The van der Waals surface area contributed by atoms with Gasteiger partial charge in [0.05, 0.1) is 0 Å². The van der Waals surface area contributed by atoms with E-state index < -0.39 is 97.7 Å². The topological polar surface area (TPSA) is 55.1 Å². The summed E-state index contributed by atoms with van der Waals surface area (Å²) in [4.78, 5) is 12.5. The third-order valence-corrected chi connectivity index (χ3v) is 4.30. The molecule has 0 unspecified atom stereocenters. The molecule has 1 radical (unpaired) electrons. The zero-order valence-corrected chi connectivity index (χ0v) is 16.8. The van der Waals surface area contributed by atoms with Crippen molar-refractivity contribution in [2.75, 3.05) is 0 Å². The van der Waals surface area contributed by atoms with Crippen LogP contribution in [0.1, 0.15) is 33.6 Å². The van der Waals surface area contributed by atoms with E-state index in [2.05, 4.69) is 5.10 Å². The summed E-state index contributed by atoms with van der Waals surface area (Å²) in [5.74, 6) is -21.7. The molecule has 0 aliphatic rings. The van der Waals surface area contributed by atoms with Crippen molar-refractivity contribution in [1.82, 2.24) is 9.78 Å². The molecule has 35 heavy (non-hydrogen) atoms. The van der Waals surface area contributed by atoms with Crippen molar-refractivity contribution in [3.8, 4) is 11.6 Å². The number of aromatic nitrogens is 2. The summed E-state index contributed by atoms with van der Waals surface area (Å²) in [7, 11) is 0. The molecule has 2 aromatic carbocycles. The Balaban J connectivity index is 0.00000432. The number of ketones is 1. The molecule has 3 rings (SSSR count). The number of hydrogen-bond donors (Lipinski definition) is 1. The molecule has 0 amide bonds. The average Bonchev–Trinajstić information content (AvgIpc) is 3.06. The molecule has 0 aliphatic carbocycles. The van der Waals surface area contributed by atoms with Gasteiger partial charge in [-0.2, -0.15) is 23.0 Å². The number of carbonyl (C=O) groups excluding carboxylic acids is 1. The molecule has 0 saturated carbocycles. The number of alkyl halides is 5. The summed E-state index contributed by atoms with van der Waals surface area (Å²) in [6.07, 6.45) is -9.84. The molecule has 0 bridgehead atoms. The van der Waals surface area contributed by atoms with E-state index in [4.69, 9.17) is 0 Å². The van der Waals surface area contributed by atoms with Gasteiger partial charge in [-0.15, -0.1) is 0 Å². The first-order valence-corrected chi connectivity index (χ1v) is 8.32. The van der Waals surface area contributed by atoms with Gasteiger partial charge >= 0.3 is 6.18 Å². The second-order valence-electron chi connectivity index (χ2n) is 6.36. The second kappa shape index (κ2) is 9.45. The Morgan fingerprint density at radius 2 is 1.31 bits per heavy atom. The summed E-state index contributed by atoms with van der Waals surface area (Å²) in [5.41, 5.74) is -10.1. The molecule has 3 aromatic rings. The molecule has 0 fully saturated rings. The van der Waals surface area contributed by atoms with Crippen LogP contribution < -0.4 is 0 Å². The standard InChI is InChI=1S/C18H4F12N2O2.Cu/c19-4-1-3(2-5(20)8(4)21)15(33)6-13(16(26)27)31-32(17(6)34)14-11(24)9(22)7(18(28,29)30)10(23)12(14)25;/h1-2,16,34H;. The normalized spacial score (nSPS) is 11.7. The fourth-order valence-corrected chi connectivity index (χ4v) is 2.84. The van der Waals surface area contributed by atoms with E-state index in [0.717, 1.165) is 0 Å². The van der Waals surface area contributed by atoms with Crippen molar-refractivity contribution in [3.05, 3.63) is 75.2 Å². The number of halogens is 12. The molecule has 193 valence electrons. The van der Waals surface area contributed by atoms with E-state index in [0.29, 0.717) is 0 Å². The quantitative estimate of drug-likeness (QED) is 0.143. The average molecular weight is 572 g/mol. The van der Waals surface area contributed by atoms with Gasteiger partial charge in [-0.05, 0) is 12.1 Å². The molecule has 0 atom stereocenters. The van der Waals surface area contributed by atoms with Crippen LogP contribution in [0.15, 0.2) is 12.1 Å². The minimum atomic E-state index is -5.95. The predicted molar refractivity (Wildman–Crippen MR) is 84.8 cm³/mol. The number of aromatic hydroxyl groups is 1. The first-order chi connectivity index (χ1) is 15.6. The number of rotatable bonds is 4. The zero-order valence-electron chi connectivity index (χ0n) is 15.8. The van der Waals surface area contributed by atoms with E-state index in [-0.39, 0.29) is 29.2 Å². The van der Waals surface area contributed by atoms with Crippen molar-refractivity contribution in [3.63, 3.8) is 0 Å². The second-order valence-corrected chi connectivity index (χ2v) is 6.36. The fourth-order valence-electron chi connectivity index (χ4n) is 2.84. The molecule has 1 N–H and O–H groups in total. The minimum Gasteiger partial charge on any atom is -0.493 e. The van der Waals surface area contributed by atoms with Crippen LogP contribution >= 0.6 is 0 Å². The van der Waals surface area contributed by atoms with Gasteiger partial charge in [0.1, 0.15) is 22.5 Å². The van der Waals surface area contributed by atoms with Gasteiger partial charge in [0.2, 0.25) is 11.7 Å².